The van der Waals surface area contributed by atoms with Crippen LogP contribution in [0.15, 0.2) is 18.2 Å². The summed E-state index contributed by atoms with van der Waals surface area (Å²) in [5.41, 5.74) is 0.500. The highest BCUT2D eigenvalue weighted by Crippen LogP contribution is 2.25. The molecule has 1 rings (SSSR count). The number of rotatable bonds is 4. The van der Waals surface area contributed by atoms with Crippen LogP contribution in [0, 0.1) is 5.82 Å². The van der Waals surface area contributed by atoms with Crippen LogP contribution in [-0.4, -0.2) is 9.30 Å². The van der Waals surface area contributed by atoms with Crippen molar-refractivity contribution in [3.05, 3.63) is 34.6 Å². The second-order valence-electron chi connectivity index (χ2n) is 5.13. The van der Waals surface area contributed by atoms with E-state index < -0.39 is 11.4 Å². The van der Waals surface area contributed by atoms with Gasteiger partial charge in [0.1, 0.15) is 10.6 Å². The summed E-state index contributed by atoms with van der Waals surface area (Å²) < 4.78 is 28.4. The van der Waals surface area contributed by atoms with Gasteiger partial charge in [0.2, 0.25) is 0 Å². The molecule has 1 N–H and O–H groups in total. The average molecular weight is 292 g/mol. The van der Waals surface area contributed by atoms with Crippen molar-refractivity contribution in [1.29, 1.82) is 0 Å². The molecule has 0 aliphatic rings. The first-order valence-electron chi connectivity index (χ1n) is 5.88. The third-order valence-electron chi connectivity index (χ3n) is 2.55. The van der Waals surface area contributed by atoms with Crippen molar-refractivity contribution in [3.63, 3.8) is 0 Å². The van der Waals surface area contributed by atoms with Gasteiger partial charge in [-0.15, -0.1) is 4.72 Å². The summed E-state index contributed by atoms with van der Waals surface area (Å²) in [4.78, 5) is 0. The molecule has 1 aromatic rings. The van der Waals surface area contributed by atoms with Crippen molar-refractivity contribution in [1.82, 2.24) is 4.72 Å². The van der Waals surface area contributed by atoms with Crippen molar-refractivity contribution in [2.75, 3.05) is 0 Å². The van der Waals surface area contributed by atoms with Gasteiger partial charge in [0.05, 0.1) is 6.04 Å². The van der Waals surface area contributed by atoms with Crippen LogP contribution >= 0.6 is 11.6 Å². The zero-order valence-corrected chi connectivity index (χ0v) is 12.7. The Morgan fingerprint density at radius 2 is 2.06 bits per heavy atom. The smallest absolute Gasteiger partial charge is 0.136 e. The summed E-state index contributed by atoms with van der Waals surface area (Å²) >= 11 is 4.49. The molecule has 2 atom stereocenters. The standard InChI is InChI=1S/C13H19ClFNOS/c1-5-12(16-18(17)13(2,3)4)10-7-6-9(14)8-11(10)15/h6-8,12,16H,5H2,1-4H3/t12-,18?/m1/s1. The van der Waals surface area contributed by atoms with Gasteiger partial charge in [0.25, 0.3) is 0 Å². The van der Waals surface area contributed by atoms with E-state index in [1.54, 1.807) is 12.1 Å². The highest BCUT2D eigenvalue weighted by molar-refractivity contribution is 7.90. The molecule has 0 heterocycles. The van der Waals surface area contributed by atoms with Gasteiger partial charge in [-0.05, 0) is 39.3 Å². The Labute approximate surface area is 116 Å². The fourth-order valence-electron chi connectivity index (χ4n) is 1.46. The summed E-state index contributed by atoms with van der Waals surface area (Å²) in [5.74, 6) is -0.368. The van der Waals surface area contributed by atoms with Gasteiger partial charge >= 0.3 is 0 Å². The maximum atomic E-state index is 13.8. The highest BCUT2D eigenvalue weighted by Gasteiger charge is 2.30. The molecule has 0 amide bonds. The van der Waals surface area contributed by atoms with Crippen molar-refractivity contribution in [3.8, 4) is 0 Å². The quantitative estimate of drug-likeness (QED) is 0.852. The largest absolute Gasteiger partial charge is 0.598 e. The molecule has 0 aromatic heterocycles. The SMILES string of the molecule is CC[C@@H](N[S+]([O-])C(C)(C)C)c1ccc(Cl)cc1F. The first-order valence-corrected chi connectivity index (χ1v) is 7.41. The predicted octanol–water partition coefficient (Wildman–Crippen LogP) is 3.98. The minimum atomic E-state index is -1.23. The summed E-state index contributed by atoms with van der Waals surface area (Å²) in [6.07, 6.45) is 0.653. The molecule has 5 heteroatoms. The third kappa shape index (κ3) is 4.12. The van der Waals surface area contributed by atoms with E-state index in [4.69, 9.17) is 11.6 Å². The number of benzene rings is 1. The second kappa shape index (κ2) is 6.24. The van der Waals surface area contributed by atoms with E-state index in [0.29, 0.717) is 17.0 Å². The number of nitrogens with one attached hydrogen (secondary N) is 1. The van der Waals surface area contributed by atoms with Crippen molar-refractivity contribution >= 4 is 23.0 Å². The van der Waals surface area contributed by atoms with Gasteiger partial charge in [-0.2, -0.15) is 0 Å². The zero-order valence-electron chi connectivity index (χ0n) is 11.1. The topological polar surface area (TPSA) is 35.1 Å². The van der Waals surface area contributed by atoms with Crippen LogP contribution in [0.3, 0.4) is 0 Å². The van der Waals surface area contributed by atoms with E-state index in [1.165, 1.54) is 6.07 Å². The van der Waals surface area contributed by atoms with Crippen LogP contribution in [-0.2, 0) is 11.4 Å². The molecule has 0 aliphatic carbocycles. The second-order valence-corrected chi connectivity index (χ2v) is 7.56. The molecule has 2 nitrogen and oxygen atoms in total. The van der Waals surface area contributed by atoms with Crippen LogP contribution in [0.2, 0.25) is 5.02 Å². The summed E-state index contributed by atoms with van der Waals surface area (Å²) in [6, 6.07) is 4.28. The molecular weight excluding hydrogens is 273 g/mol. The van der Waals surface area contributed by atoms with Gasteiger partial charge in [-0.1, -0.05) is 24.6 Å². The van der Waals surface area contributed by atoms with E-state index >= 15 is 0 Å². The molecule has 0 saturated carbocycles. The molecule has 102 valence electrons. The van der Waals surface area contributed by atoms with E-state index in [1.807, 2.05) is 27.7 Å². The van der Waals surface area contributed by atoms with Gasteiger partial charge < -0.3 is 4.55 Å². The Balaban J connectivity index is 2.90. The highest BCUT2D eigenvalue weighted by atomic mass is 35.5. The van der Waals surface area contributed by atoms with E-state index in [0.717, 1.165) is 0 Å². The average Bonchev–Trinajstić information content (AvgIpc) is 2.25. The fourth-order valence-corrected chi connectivity index (χ4v) is 2.52. The molecule has 18 heavy (non-hydrogen) atoms. The molecular formula is C13H19ClFNOS. The molecule has 0 radical (unpaired) electrons. The maximum absolute atomic E-state index is 13.8. The first-order chi connectivity index (χ1) is 8.25. The summed E-state index contributed by atoms with van der Waals surface area (Å²) in [7, 11) is 0. The molecule has 0 spiro atoms. The molecule has 0 bridgehead atoms. The van der Waals surface area contributed by atoms with Crippen LogP contribution in [0.4, 0.5) is 4.39 Å². The van der Waals surface area contributed by atoms with Gasteiger partial charge in [0, 0.05) is 21.9 Å². The third-order valence-corrected chi connectivity index (χ3v) is 4.40. The lowest BCUT2D eigenvalue weighted by atomic mass is 10.1. The Hall–Kier alpha value is -0.290. The van der Waals surface area contributed by atoms with Gasteiger partial charge in [-0.25, -0.2) is 4.39 Å². The van der Waals surface area contributed by atoms with Crippen LogP contribution in [0.1, 0.15) is 45.7 Å². The zero-order chi connectivity index (χ0) is 13.9. The van der Waals surface area contributed by atoms with Crippen molar-refractivity contribution in [2.24, 2.45) is 0 Å². The Morgan fingerprint density at radius 1 is 1.44 bits per heavy atom. The normalized spacial score (nSPS) is 15.5. The van der Waals surface area contributed by atoms with Crippen LogP contribution < -0.4 is 4.72 Å². The molecule has 1 aromatic carbocycles. The summed E-state index contributed by atoms with van der Waals surface area (Å²) in [5, 5.41) is 0.364. The lowest BCUT2D eigenvalue weighted by Crippen LogP contribution is -2.41. The van der Waals surface area contributed by atoms with Crippen LogP contribution in [0.25, 0.3) is 0 Å². The van der Waals surface area contributed by atoms with E-state index in [-0.39, 0.29) is 16.6 Å². The van der Waals surface area contributed by atoms with E-state index in [9.17, 15) is 8.94 Å². The minimum absolute atomic E-state index is 0.276. The minimum Gasteiger partial charge on any atom is -0.598 e. The number of hydrogen-bond donors (Lipinski definition) is 1. The van der Waals surface area contributed by atoms with Crippen molar-refractivity contribution in [2.45, 2.75) is 44.9 Å². The number of hydrogen-bond acceptors (Lipinski definition) is 2. The fraction of sp³-hybridized carbons (Fsp3) is 0.538. The molecule has 1 unspecified atom stereocenters. The maximum Gasteiger partial charge on any atom is 0.136 e. The van der Waals surface area contributed by atoms with Gasteiger partial charge in [-0.3, -0.25) is 0 Å². The molecule has 0 saturated heterocycles. The van der Waals surface area contributed by atoms with Gasteiger partial charge in [0.15, 0.2) is 0 Å². The van der Waals surface area contributed by atoms with Crippen LogP contribution in [0.5, 0.6) is 0 Å². The Bertz CT molecular complexity index is 408. The molecule has 0 fully saturated rings. The first kappa shape index (κ1) is 15.8. The Kier molecular flexibility index (Phi) is 5.46. The molecule has 0 aliphatic heterocycles. The van der Waals surface area contributed by atoms with E-state index in [2.05, 4.69) is 4.72 Å². The lowest BCUT2D eigenvalue weighted by Gasteiger charge is -2.27. The van der Waals surface area contributed by atoms with Crippen molar-refractivity contribution < 1.29 is 8.94 Å². The number of halogens is 2. The predicted molar refractivity (Wildman–Crippen MR) is 75.5 cm³/mol. The lowest BCUT2D eigenvalue weighted by molar-refractivity contribution is 0.505. The monoisotopic (exact) mass is 291 g/mol. The Morgan fingerprint density at radius 3 is 2.50 bits per heavy atom. The summed E-state index contributed by atoms with van der Waals surface area (Å²) in [6.45, 7) is 7.55.